The van der Waals surface area contributed by atoms with Crippen molar-refractivity contribution in [2.24, 2.45) is 4.99 Å². The normalized spacial score (nSPS) is 16.1. The maximum atomic E-state index is 13.6. The molecule has 0 bridgehead atoms. The average Bonchev–Trinajstić information content (AvgIpc) is 3.07. The third kappa shape index (κ3) is 4.93. The van der Waals surface area contributed by atoms with Crippen LogP contribution >= 0.6 is 39.0 Å². The second-order valence-electron chi connectivity index (χ2n) is 7.86. The van der Waals surface area contributed by atoms with Gasteiger partial charge in [-0.15, -0.1) is 11.8 Å². The fourth-order valence-electron chi connectivity index (χ4n) is 3.71. The van der Waals surface area contributed by atoms with Crippen LogP contribution in [-0.4, -0.2) is 22.9 Å². The number of carbonyl (C=O) groups is 1. The van der Waals surface area contributed by atoms with Gasteiger partial charge in [-0.25, -0.2) is 9.79 Å². The Balaban J connectivity index is 1.94. The van der Waals surface area contributed by atoms with E-state index in [4.69, 9.17) is 4.74 Å². The van der Waals surface area contributed by atoms with Crippen molar-refractivity contribution in [1.82, 2.24) is 4.57 Å². The molecular weight excluding hydrogens is 520 g/mol. The maximum Gasteiger partial charge on any atom is 0.338 e. The summed E-state index contributed by atoms with van der Waals surface area (Å²) in [7, 11) is 0. The molecule has 0 spiro atoms. The van der Waals surface area contributed by atoms with Crippen molar-refractivity contribution < 1.29 is 9.53 Å². The Morgan fingerprint density at radius 1 is 1.24 bits per heavy atom. The summed E-state index contributed by atoms with van der Waals surface area (Å²) in [4.78, 5) is 33.0. The minimum atomic E-state index is -0.604. The van der Waals surface area contributed by atoms with E-state index >= 15 is 0 Å². The number of ether oxygens (including phenoxy) is 1. The topological polar surface area (TPSA) is 60.7 Å². The highest BCUT2D eigenvalue weighted by molar-refractivity contribution is 9.10. The first-order valence-corrected chi connectivity index (χ1v) is 13.2. The van der Waals surface area contributed by atoms with E-state index in [1.54, 1.807) is 23.3 Å². The summed E-state index contributed by atoms with van der Waals surface area (Å²) in [6.07, 6.45) is 3.59. The van der Waals surface area contributed by atoms with E-state index in [0.29, 0.717) is 20.6 Å². The molecule has 3 aromatic rings. The number of aromatic nitrogens is 1. The molecule has 1 atom stereocenters. The van der Waals surface area contributed by atoms with Gasteiger partial charge in [0.05, 0.1) is 27.9 Å². The molecule has 4 rings (SSSR count). The Labute approximate surface area is 208 Å². The zero-order chi connectivity index (χ0) is 23.7. The van der Waals surface area contributed by atoms with Crippen LogP contribution in [0.3, 0.4) is 0 Å². The molecule has 0 aliphatic carbocycles. The van der Waals surface area contributed by atoms with Crippen molar-refractivity contribution in [3.63, 3.8) is 0 Å². The van der Waals surface area contributed by atoms with Gasteiger partial charge < -0.3 is 4.74 Å². The van der Waals surface area contributed by atoms with Gasteiger partial charge in [-0.2, -0.15) is 0 Å². The van der Waals surface area contributed by atoms with Crippen molar-refractivity contribution in [3.8, 4) is 0 Å². The summed E-state index contributed by atoms with van der Waals surface area (Å²) in [6, 6.07) is 15.1. The predicted molar refractivity (Wildman–Crippen MR) is 137 cm³/mol. The molecule has 2 aromatic carbocycles. The highest BCUT2D eigenvalue weighted by Crippen LogP contribution is 2.32. The van der Waals surface area contributed by atoms with Crippen LogP contribution in [0.4, 0.5) is 0 Å². The largest absolute Gasteiger partial charge is 0.459 e. The zero-order valence-electron chi connectivity index (χ0n) is 18.7. The fraction of sp³-hybridized carbons (Fsp3) is 0.240. The predicted octanol–water partition coefficient (Wildman–Crippen LogP) is 4.67. The van der Waals surface area contributed by atoms with Gasteiger partial charge in [0.25, 0.3) is 5.56 Å². The van der Waals surface area contributed by atoms with Crippen LogP contribution in [0, 0.1) is 0 Å². The number of thiazole rings is 1. The van der Waals surface area contributed by atoms with Crippen molar-refractivity contribution in [3.05, 3.63) is 95.1 Å². The number of esters is 1. The lowest BCUT2D eigenvalue weighted by Gasteiger charge is -2.25. The van der Waals surface area contributed by atoms with Crippen LogP contribution in [0.5, 0.6) is 0 Å². The van der Waals surface area contributed by atoms with Gasteiger partial charge in [-0.3, -0.25) is 9.36 Å². The van der Waals surface area contributed by atoms with Gasteiger partial charge in [0.2, 0.25) is 0 Å². The van der Waals surface area contributed by atoms with Gasteiger partial charge >= 0.3 is 5.97 Å². The van der Waals surface area contributed by atoms with Crippen LogP contribution in [0.1, 0.15) is 37.9 Å². The molecule has 1 aliphatic rings. The molecule has 1 aliphatic heterocycles. The van der Waals surface area contributed by atoms with E-state index in [1.165, 1.54) is 11.3 Å². The number of hydrogen-bond donors (Lipinski definition) is 0. The number of allylic oxidation sites excluding steroid dienone is 1. The maximum absolute atomic E-state index is 13.6. The quantitative estimate of drug-likeness (QED) is 0.347. The second kappa shape index (κ2) is 9.83. The molecule has 0 saturated carbocycles. The van der Waals surface area contributed by atoms with E-state index in [2.05, 4.69) is 20.9 Å². The van der Waals surface area contributed by atoms with E-state index in [9.17, 15) is 9.59 Å². The Hall–Kier alpha value is -2.42. The molecule has 1 unspecified atom stereocenters. The summed E-state index contributed by atoms with van der Waals surface area (Å²) < 4.78 is 8.65. The number of nitrogens with zero attached hydrogens (tertiary/aromatic N) is 2. The summed E-state index contributed by atoms with van der Waals surface area (Å²) >= 11 is 6.44. The lowest BCUT2D eigenvalue weighted by Crippen LogP contribution is -2.40. The number of benzene rings is 2. The summed E-state index contributed by atoms with van der Waals surface area (Å²) in [5.74, 6) is -0.452. The van der Waals surface area contributed by atoms with Gasteiger partial charge in [-0.1, -0.05) is 51.5 Å². The monoisotopic (exact) mass is 542 g/mol. The van der Waals surface area contributed by atoms with Crippen LogP contribution in [-0.2, 0) is 9.53 Å². The molecule has 0 amide bonds. The van der Waals surface area contributed by atoms with E-state index in [0.717, 1.165) is 20.5 Å². The van der Waals surface area contributed by atoms with Crippen molar-refractivity contribution in [2.75, 3.05) is 6.26 Å². The third-order valence-corrected chi connectivity index (χ3v) is 7.38. The van der Waals surface area contributed by atoms with E-state index in [-0.39, 0.29) is 11.7 Å². The minimum absolute atomic E-state index is 0.181. The van der Waals surface area contributed by atoms with E-state index in [1.807, 2.05) is 74.7 Å². The first kappa shape index (κ1) is 23.7. The minimum Gasteiger partial charge on any atom is -0.459 e. The molecule has 33 heavy (non-hydrogen) atoms. The Bertz CT molecular complexity index is 1420. The molecule has 0 fully saturated rings. The standard InChI is InChI=1S/C25H23BrN2O3S2/c1-14(2)31-24(30)21-15(3)27-25-28(22(21)17-8-10-19(32-4)11-9-17)23(29)20(33-25)13-16-6-5-7-18(26)12-16/h5-14,22H,1-4H3. The molecule has 1 aromatic heterocycles. The van der Waals surface area contributed by atoms with E-state index < -0.39 is 12.0 Å². The molecule has 5 nitrogen and oxygen atoms in total. The Kier molecular flexibility index (Phi) is 7.07. The average molecular weight is 544 g/mol. The van der Waals surface area contributed by atoms with Gasteiger partial charge in [0.1, 0.15) is 0 Å². The lowest BCUT2D eigenvalue weighted by atomic mass is 9.96. The summed E-state index contributed by atoms with van der Waals surface area (Å²) in [5, 5.41) is 0. The Morgan fingerprint density at radius 3 is 2.61 bits per heavy atom. The SMILES string of the molecule is CSc1ccc(C2C(C(=O)OC(C)C)=C(C)N=c3sc(=Cc4cccc(Br)c4)c(=O)n32)cc1. The molecular formula is C25H23BrN2O3S2. The molecule has 2 heterocycles. The lowest BCUT2D eigenvalue weighted by molar-refractivity contribution is -0.143. The van der Waals surface area contributed by atoms with Crippen molar-refractivity contribution in [2.45, 2.75) is 37.8 Å². The number of rotatable bonds is 5. The van der Waals surface area contributed by atoms with Crippen LogP contribution < -0.4 is 14.9 Å². The smallest absolute Gasteiger partial charge is 0.338 e. The molecule has 8 heteroatoms. The highest BCUT2D eigenvalue weighted by Gasteiger charge is 2.33. The van der Waals surface area contributed by atoms with Gasteiger partial charge in [-0.05, 0) is 68.5 Å². The first-order chi connectivity index (χ1) is 15.8. The number of halogens is 1. The molecule has 0 saturated heterocycles. The second-order valence-corrected chi connectivity index (χ2v) is 10.7. The first-order valence-electron chi connectivity index (χ1n) is 10.4. The summed E-state index contributed by atoms with van der Waals surface area (Å²) in [5.41, 5.74) is 2.52. The van der Waals surface area contributed by atoms with Crippen molar-refractivity contribution >= 4 is 51.1 Å². The van der Waals surface area contributed by atoms with Crippen LogP contribution in [0.25, 0.3) is 6.08 Å². The molecule has 0 N–H and O–H groups in total. The van der Waals surface area contributed by atoms with Gasteiger partial charge in [0.15, 0.2) is 4.80 Å². The number of fused-ring (bicyclic) bond motifs is 1. The molecule has 0 radical (unpaired) electrons. The third-order valence-electron chi connectivity index (χ3n) is 5.16. The highest BCUT2D eigenvalue weighted by atomic mass is 79.9. The summed E-state index contributed by atoms with van der Waals surface area (Å²) in [6.45, 7) is 5.41. The van der Waals surface area contributed by atoms with Crippen molar-refractivity contribution in [1.29, 1.82) is 0 Å². The Morgan fingerprint density at radius 2 is 1.97 bits per heavy atom. The number of hydrogen-bond acceptors (Lipinski definition) is 6. The van der Waals surface area contributed by atoms with Crippen LogP contribution in [0.2, 0.25) is 0 Å². The number of thioether (sulfide) groups is 1. The number of carbonyl (C=O) groups excluding carboxylic acids is 1. The molecule has 170 valence electrons. The van der Waals surface area contributed by atoms with Gasteiger partial charge in [0, 0.05) is 9.37 Å². The van der Waals surface area contributed by atoms with Crippen LogP contribution in [0.15, 0.2) is 79.0 Å². The zero-order valence-corrected chi connectivity index (χ0v) is 21.9. The fourth-order valence-corrected chi connectivity index (χ4v) is 5.58.